The number of hydrogen-bond acceptors (Lipinski definition) is 0. The summed E-state index contributed by atoms with van der Waals surface area (Å²) in [6, 6.07) is 7.55. The number of hydrogen-bond donors (Lipinski definition) is 0. The van der Waals surface area contributed by atoms with Crippen LogP contribution < -0.4 is 5.73 Å². The van der Waals surface area contributed by atoms with E-state index >= 15 is 0 Å². The van der Waals surface area contributed by atoms with Crippen molar-refractivity contribution in [2.75, 3.05) is 0 Å². The Morgan fingerprint density at radius 3 is 2.70 bits per heavy atom. The van der Waals surface area contributed by atoms with Gasteiger partial charge in [0.2, 0.25) is 0 Å². The van der Waals surface area contributed by atoms with Crippen LogP contribution in [0, 0.1) is 0 Å². The molecule has 1 N–H and O–H groups in total. The van der Waals surface area contributed by atoms with Gasteiger partial charge in [-0.1, -0.05) is 24.3 Å². The van der Waals surface area contributed by atoms with Gasteiger partial charge < -0.3 is 5.73 Å². The van der Waals surface area contributed by atoms with Crippen LogP contribution in [0.4, 0.5) is 5.69 Å². The maximum atomic E-state index is 7.43. The van der Waals surface area contributed by atoms with Crippen molar-refractivity contribution >= 4 is 5.69 Å². The zero-order valence-electron chi connectivity index (χ0n) is 5.80. The molecule has 1 nitrogen and oxygen atoms in total. The van der Waals surface area contributed by atoms with Crippen molar-refractivity contribution in [2.24, 2.45) is 0 Å². The van der Waals surface area contributed by atoms with Gasteiger partial charge in [0.05, 0.1) is 5.69 Å². The van der Waals surface area contributed by atoms with Crippen LogP contribution in [0.1, 0.15) is 5.56 Å². The molecule has 0 bridgehead atoms. The predicted octanol–water partition coefficient (Wildman–Crippen LogP) is 2.33. The molecule has 0 fully saturated rings. The average Bonchev–Trinajstić information content (AvgIpc) is 1.94. The minimum absolute atomic E-state index is 0.599. The minimum Gasteiger partial charge on any atom is -0.301 e. The van der Waals surface area contributed by atoms with Crippen molar-refractivity contribution < 1.29 is 0 Å². The molecule has 1 aromatic carbocycles. The maximum absolute atomic E-state index is 7.43. The summed E-state index contributed by atoms with van der Waals surface area (Å²) in [4.78, 5) is 0. The number of nitrogens with one attached hydrogen (secondary N) is 1. The van der Waals surface area contributed by atoms with E-state index in [4.69, 9.17) is 5.73 Å². The Bertz CT molecular complexity index is 228. The molecule has 0 atom stereocenters. The predicted molar refractivity (Wildman–Crippen MR) is 43.1 cm³/mol. The molecule has 1 aromatic rings. The van der Waals surface area contributed by atoms with Gasteiger partial charge in [0.15, 0.2) is 0 Å². The lowest BCUT2D eigenvalue weighted by Crippen LogP contribution is -1.82. The van der Waals surface area contributed by atoms with E-state index in [1.54, 1.807) is 6.07 Å². The molecule has 51 valence electrons. The van der Waals surface area contributed by atoms with E-state index < -0.39 is 0 Å². The highest BCUT2D eigenvalue weighted by Gasteiger charge is 1.92. The third-order valence-electron chi connectivity index (χ3n) is 1.38. The van der Waals surface area contributed by atoms with E-state index in [1.165, 1.54) is 0 Å². The molecule has 0 saturated carbocycles. The minimum atomic E-state index is 0.599. The Balaban J connectivity index is 2.91. The SMILES string of the molecule is C=CCc1ccccc1[NH]. The van der Waals surface area contributed by atoms with Gasteiger partial charge in [-0.3, -0.25) is 0 Å². The molecule has 0 spiro atoms. The van der Waals surface area contributed by atoms with E-state index in [0.717, 1.165) is 12.0 Å². The van der Waals surface area contributed by atoms with Gasteiger partial charge in [-0.15, -0.1) is 6.58 Å². The Morgan fingerprint density at radius 2 is 2.10 bits per heavy atom. The van der Waals surface area contributed by atoms with E-state index in [1.807, 2.05) is 24.3 Å². The first-order valence-electron chi connectivity index (χ1n) is 3.25. The van der Waals surface area contributed by atoms with Gasteiger partial charge in [-0.2, -0.15) is 0 Å². The first-order valence-corrected chi connectivity index (χ1v) is 3.25. The Morgan fingerprint density at radius 1 is 1.40 bits per heavy atom. The van der Waals surface area contributed by atoms with Crippen LogP contribution in [0.2, 0.25) is 0 Å². The number of rotatable bonds is 2. The van der Waals surface area contributed by atoms with Crippen LogP contribution in [0.5, 0.6) is 0 Å². The summed E-state index contributed by atoms with van der Waals surface area (Å²) in [5.41, 5.74) is 9.07. The van der Waals surface area contributed by atoms with Gasteiger partial charge in [0, 0.05) is 0 Å². The third-order valence-corrected chi connectivity index (χ3v) is 1.38. The molecule has 1 heteroatoms. The second kappa shape index (κ2) is 3.06. The Labute approximate surface area is 61.2 Å². The third kappa shape index (κ3) is 1.38. The summed E-state index contributed by atoms with van der Waals surface area (Å²) in [5.74, 6) is 0. The summed E-state index contributed by atoms with van der Waals surface area (Å²) >= 11 is 0. The molecular weight excluding hydrogens is 122 g/mol. The van der Waals surface area contributed by atoms with Crippen LogP contribution in [0.25, 0.3) is 0 Å². The lowest BCUT2D eigenvalue weighted by atomic mass is 10.1. The number of benzene rings is 1. The molecule has 0 aromatic heterocycles. The second-order valence-electron chi connectivity index (χ2n) is 2.15. The normalized spacial score (nSPS) is 9.20. The first kappa shape index (κ1) is 6.87. The monoisotopic (exact) mass is 132 g/mol. The fourth-order valence-corrected chi connectivity index (χ4v) is 0.854. The largest absolute Gasteiger partial charge is 0.301 e. The van der Waals surface area contributed by atoms with Crippen LogP contribution in [-0.2, 0) is 6.42 Å². The fourth-order valence-electron chi connectivity index (χ4n) is 0.854. The van der Waals surface area contributed by atoms with E-state index in [0.29, 0.717) is 5.69 Å². The second-order valence-corrected chi connectivity index (χ2v) is 2.15. The van der Waals surface area contributed by atoms with Crippen LogP contribution in [-0.4, -0.2) is 0 Å². The molecule has 0 aliphatic heterocycles. The van der Waals surface area contributed by atoms with Crippen LogP contribution >= 0.6 is 0 Å². The molecule has 0 aliphatic rings. The Kier molecular flexibility index (Phi) is 2.11. The molecule has 0 heterocycles. The molecule has 1 radical (unpaired) electrons. The zero-order chi connectivity index (χ0) is 7.40. The van der Waals surface area contributed by atoms with Crippen molar-refractivity contribution in [3.63, 3.8) is 0 Å². The van der Waals surface area contributed by atoms with Gasteiger partial charge in [-0.25, -0.2) is 0 Å². The maximum Gasteiger partial charge on any atom is 0.0574 e. The molecule has 0 saturated heterocycles. The molecule has 0 aliphatic carbocycles. The smallest absolute Gasteiger partial charge is 0.0574 e. The summed E-state index contributed by atoms with van der Waals surface area (Å²) < 4.78 is 0. The van der Waals surface area contributed by atoms with Crippen molar-refractivity contribution in [3.05, 3.63) is 42.5 Å². The summed E-state index contributed by atoms with van der Waals surface area (Å²) in [6.07, 6.45) is 2.60. The highest BCUT2D eigenvalue weighted by Crippen LogP contribution is 2.12. The molecular formula is C9H10N. The van der Waals surface area contributed by atoms with Gasteiger partial charge in [-0.05, 0) is 18.1 Å². The summed E-state index contributed by atoms with van der Waals surface area (Å²) in [6.45, 7) is 3.61. The topological polar surface area (TPSA) is 23.8 Å². The first-order chi connectivity index (χ1) is 4.84. The summed E-state index contributed by atoms with van der Waals surface area (Å²) in [5, 5.41) is 0. The van der Waals surface area contributed by atoms with Gasteiger partial charge in [0.1, 0.15) is 0 Å². The highest BCUT2D eigenvalue weighted by molar-refractivity contribution is 5.43. The van der Waals surface area contributed by atoms with Crippen molar-refractivity contribution in [2.45, 2.75) is 6.42 Å². The molecule has 10 heavy (non-hydrogen) atoms. The highest BCUT2D eigenvalue weighted by atomic mass is 14.5. The van der Waals surface area contributed by atoms with Gasteiger partial charge in [0.25, 0.3) is 0 Å². The zero-order valence-corrected chi connectivity index (χ0v) is 5.80. The van der Waals surface area contributed by atoms with Crippen molar-refractivity contribution in [1.82, 2.24) is 5.73 Å². The lowest BCUT2D eigenvalue weighted by Gasteiger charge is -1.98. The average molecular weight is 132 g/mol. The molecule has 1 rings (SSSR count). The fraction of sp³-hybridized carbons (Fsp3) is 0.111. The van der Waals surface area contributed by atoms with Crippen LogP contribution in [0.15, 0.2) is 36.9 Å². The molecule has 0 amide bonds. The molecule has 0 unspecified atom stereocenters. The number of allylic oxidation sites excluding steroid dienone is 1. The van der Waals surface area contributed by atoms with Crippen LogP contribution in [0.3, 0.4) is 0 Å². The Hall–Kier alpha value is -1.24. The van der Waals surface area contributed by atoms with Crippen molar-refractivity contribution in [3.8, 4) is 0 Å². The van der Waals surface area contributed by atoms with Crippen molar-refractivity contribution in [1.29, 1.82) is 0 Å². The van der Waals surface area contributed by atoms with E-state index in [2.05, 4.69) is 6.58 Å². The quantitative estimate of drug-likeness (QED) is 0.551. The lowest BCUT2D eigenvalue weighted by molar-refractivity contribution is 1.25. The van der Waals surface area contributed by atoms with Gasteiger partial charge >= 0.3 is 0 Å². The summed E-state index contributed by atoms with van der Waals surface area (Å²) in [7, 11) is 0. The van der Waals surface area contributed by atoms with E-state index in [-0.39, 0.29) is 0 Å². The van der Waals surface area contributed by atoms with E-state index in [9.17, 15) is 0 Å². The standard InChI is InChI=1S/C9H10N/c1-2-5-8-6-3-4-7-9(8)10/h2-4,6-7,10H,1,5H2.